The smallest absolute Gasteiger partial charge is 0.306 e. The molecule has 0 aromatic heterocycles. The fourth-order valence-electron chi connectivity index (χ4n) is 3.74. The van der Waals surface area contributed by atoms with Crippen LogP contribution in [0.25, 0.3) is 0 Å². The monoisotopic (exact) mass is 374 g/mol. The molecular formula is C22H34N2O3. The topological polar surface area (TPSA) is 69.6 Å². The summed E-state index contributed by atoms with van der Waals surface area (Å²) in [5.74, 6) is -0.959. The number of piperidine rings is 1. The van der Waals surface area contributed by atoms with Crippen LogP contribution in [0.3, 0.4) is 0 Å². The van der Waals surface area contributed by atoms with Crippen LogP contribution in [0.4, 0.5) is 0 Å². The Hall–Kier alpha value is -1.88. The Morgan fingerprint density at radius 2 is 1.70 bits per heavy atom. The van der Waals surface area contributed by atoms with Crippen LogP contribution in [0, 0.1) is 19.8 Å². The Bertz CT molecular complexity index is 660. The molecule has 0 atom stereocenters. The molecule has 5 nitrogen and oxygen atoms in total. The Labute approximate surface area is 163 Å². The molecule has 1 fully saturated rings. The van der Waals surface area contributed by atoms with Gasteiger partial charge in [0.05, 0.1) is 12.5 Å². The molecule has 1 aliphatic rings. The molecule has 5 heteroatoms. The molecule has 27 heavy (non-hydrogen) atoms. The summed E-state index contributed by atoms with van der Waals surface area (Å²) in [4.78, 5) is 25.2. The lowest BCUT2D eigenvalue weighted by Gasteiger charge is -2.29. The highest BCUT2D eigenvalue weighted by molar-refractivity contribution is 5.78. The van der Waals surface area contributed by atoms with E-state index in [9.17, 15) is 9.59 Å². The average molecular weight is 375 g/mol. The summed E-state index contributed by atoms with van der Waals surface area (Å²) in [6.07, 6.45) is 2.08. The Morgan fingerprint density at radius 3 is 2.19 bits per heavy atom. The Morgan fingerprint density at radius 1 is 1.15 bits per heavy atom. The molecule has 1 saturated heterocycles. The number of carboxylic acids is 1. The van der Waals surface area contributed by atoms with E-state index in [4.69, 9.17) is 5.11 Å². The summed E-state index contributed by atoms with van der Waals surface area (Å²) in [5.41, 5.74) is 5.35. The van der Waals surface area contributed by atoms with E-state index in [1.54, 1.807) is 0 Å². The highest BCUT2D eigenvalue weighted by atomic mass is 16.4. The number of aryl methyl sites for hydroxylation is 2. The minimum Gasteiger partial charge on any atom is -0.481 e. The molecule has 1 amide bonds. The number of nitrogens with one attached hydrogen (secondary N) is 1. The normalized spacial score (nSPS) is 16.3. The SMILES string of the molecule is Cc1cc(C(C)(C)C)cc(C)c1CCNC(=O)CN1CCC(C(=O)O)CC1. The van der Waals surface area contributed by atoms with E-state index in [1.165, 1.54) is 22.3 Å². The molecule has 0 saturated carbocycles. The van der Waals surface area contributed by atoms with Gasteiger partial charge in [0.25, 0.3) is 0 Å². The van der Waals surface area contributed by atoms with Crippen LogP contribution in [0.1, 0.15) is 55.9 Å². The minimum absolute atomic E-state index is 0.0189. The molecule has 0 bridgehead atoms. The molecule has 2 N–H and O–H groups in total. The van der Waals surface area contributed by atoms with Gasteiger partial charge >= 0.3 is 5.97 Å². The van der Waals surface area contributed by atoms with Gasteiger partial charge in [-0.3, -0.25) is 14.5 Å². The first kappa shape index (κ1) is 21.4. The second-order valence-corrected chi connectivity index (χ2v) is 8.83. The molecule has 1 aromatic rings. The van der Waals surface area contributed by atoms with Crippen molar-refractivity contribution in [3.05, 3.63) is 34.4 Å². The lowest BCUT2D eigenvalue weighted by molar-refractivity contribution is -0.143. The van der Waals surface area contributed by atoms with Gasteiger partial charge in [-0.1, -0.05) is 32.9 Å². The molecule has 0 spiro atoms. The summed E-state index contributed by atoms with van der Waals surface area (Å²) >= 11 is 0. The Balaban J connectivity index is 1.81. The Kier molecular flexibility index (Phi) is 7.04. The van der Waals surface area contributed by atoms with Crippen LogP contribution < -0.4 is 5.32 Å². The van der Waals surface area contributed by atoms with Gasteiger partial charge in [0.1, 0.15) is 0 Å². The van der Waals surface area contributed by atoms with Gasteiger partial charge in [0, 0.05) is 6.54 Å². The first-order chi connectivity index (χ1) is 12.6. The van der Waals surface area contributed by atoms with Gasteiger partial charge in [-0.25, -0.2) is 0 Å². The molecule has 0 radical (unpaired) electrons. The lowest BCUT2D eigenvalue weighted by atomic mass is 9.83. The zero-order chi connectivity index (χ0) is 20.2. The number of hydrogen-bond acceptors (Lipinski definition) is 3. The molecule has 1 heterocycles. The summed E-state index contributed by atoms with van der Waals surface area (Å²) in [5, 5.41) is 12.1. The maximum Gasteiger partial charge on any atom is 0.306 e. The third kappa shape index (κ3) is 6.06. The van der Waals surface area contributed by atoms with E-state index in [1.807, 2.05) is 4.90 Å². The third-order valence-electron chi connectivity index (χ3n) is 5.56. The lowest BCUT2D eigenvalue weighted by Crippen LogP contribution is -2.43. The van der Waals surface area contributed by atoms with Crippen LogP contribution in [-0.2, 0) is 21.4 Å². The van der Waals surface area contributed by atoms with Gasteiger partial charge in [-0.2, -0.15) is 0 Å². The maximum atomic E-state index is 12.2. The first-order valence-corrected chi connectivity index (χ1v) is 9.90. The van der Waals surface area contributed by atoms with Crippen molar-refractivity contribution in [2.45, 2.75) is 59.3 Å². The van der Waals surface area contributed by atoms with Crippen LogP contribution in [0.5, 0.6) is 0 Å². The quantitative estimate of drug-likeness (QED) is 0.803. The number of amides is 1. The summed E-state index contributed by atoms with van der Waals surface area (Å²) < 4.78 is 0. The highest BCUT2D eigenvalue weighted by Crippen LogP contribution is 2.27. The van der Waals surface area contributed by atoms with Crippen molar-refractivity contribution in [3.63, 3.8) is 0 Å². The maximum absolute atomic E-state index is 12.2. The predicted octanol–water partition coefficient (Wildman–Crippen LogP) is 3.06. The number of rotatable bonds is 6. The van der Waals surface area contributed by atoms with Gasteiger partial charge in [0.15, 0.2) is 0 Å². The van der Waals surface area contributed by atoms with Gasteiger partial charge < -0.3 is 10.4 Å². The number of carboxylic acid groups (broad SMARTS) is 1. The van der Waals surface area contributed by atoms with E-state index in [-0.39, 0.29) is 17.2 Å². The van der Waals surface area contributed by atoms with Crippen LogP contribution >= 0.6 is 0 Å². The zero-order valence-corrected chi connectivity index (χ0v) is 17.4. The minimum atomic E-state index is -0.720. The van der Waals surface area contributed by atoms with E-state index < -0.39 is 5.97 Å². The molecule has 1 aromatic carbocycles. The standard InChI is InChI=1S/C22H34N2O3/c1-15-12-18(22(3,4)5)13-16(2)19(15)6-9-23-20(25)14-24-10-7-17(8-11-24)21(26)27/h12-13,17H,6-11,14H2,1-5H3,(H,23,25)(H,26,27). The van der Waals surface area contributed by atoms with E-state index in [2.05, 4.69) is 52.1 Å². The fourth-order valence-corrected chi connectivity index (χ4v) is 3.74. The second kappa shape index (κ2) is 8.87. The third-order valence-corrected chi connectivity index (χ3v) is 5.56. The van der Waals surface area contributed by atoms with Crippen molar-refractivity contribution in [1.82, 2.24) is 10.2 Å². The number of nitrogens with zero attached hydrogens (tertiary/aromatic N) is 1. The second-order valence-electron chi connectivity index (χ2n) is 8.83. The zero-order valence-electron chi connectivity index (χ0n) is 17.4. The highest BCUT2D eigenvalue weighted by Gasteiger charge is 2.25. The van der Waals surface area contributed by atoms with Crippen LogP contribution in [0.15, 0.2) is 12.1 Å². The van der Waals surface area contributed by atoms with Crippen molar-refractivity contribution < 1.29 is 14.7 Å². The molecule has 150 valence electrons. The molecule has 2 rings (SSSR count). The number of carbonyl (C=O) groups excluding carboxylic acids is 1. The van der Waals surface area contributed by atoms with Crippen LogP contribution in [0.2, 0.25) is 0 Å². The average Bonchev–Trinajstić information content (AvgIpc) is 2.56. The van der Waals surface area contributed by atoms with E-state index in [0.717, 1.165) is 6.42 Å². The van der Waals surface area contributed by atoms with Crippen molar-refractivity contribution in [1.29, 1.82) is 0 Å². The predicted molar refractivity (Wildman–Crippen MR) is 108 cm³/mol. The number of benzene rings is 1. The largest absolute Gasteiger partial charge is 0.481 e. The molecule has 0 aliphatic carbocycles. The first-order valence-electron chi connectivity index (χ1n) is 9.90. The van der Waals surface area contributed by atoms with Crippen LogP contribution in [-0.4, -0.2) is 48.1 Å². The fraction of sp³-hybridized carbons (Fsp3) is 0.636. The summed E-state index contributed by atoms with van der Waals surface area (Å²) in [6, 6.07) is 4.52. The number of hydrogen-bond donors (Lipinski definition) is 2. The van der Waals surface area contributed by atoms with Crippen molar-refractivity contribution in [3.8, 4) is 0 Å². The molecule has 1 aliphatic heterocycles. The van der Waals surface area contributed by atoms with E-state index in [0.29, 0.717) is 39.0 Å². The number of aliphatic carboxylic acids is 1. The molecule has 0 unspecified atom stereocenters. The number of likely N-dealkylation sites (tertiary alicyclic amines) is 1. The van der Waals surface area contributed by atoms with Gasteiger partial charge in [-0.15, -0.1) is 0 Å². The number of carbonyl (C=O) groups is 2. The van der Waals surface area contributed by atoms with Crippen molar-refractivity contribution in [2.24, 2.45) is 5.92 Å². The van der Waals surface area contributed by atoms with E-state index >= 15 is 0 Å². The van der Waals surface area contributed by atoms with Crippen molar-refractivity contribution >= 4 is 11.9 Å². The summed E-state index contributed by atoms with van der Waals surface area (Å²) in [6.45, 7) is 13.3. The van der Waals surface area contributed by atoms with Gasteiger partial charge in [-0.05, 0) is 73.9 Å². The summed E-state index contributed by atoms with van der Waals surface area (Å²) in [7, 11) is 0. The van der Waals surface area contributed by atoms with Gasteiger partial charge in [0.2, 0.25) is 5.91 Å². The molecular weight excluding hydrogens is 340 g/mol. The van der Waals surface area contributed by atoms with Crippen molar-refractivity contribution in [2.75, 3.05) is 26.2 Å².